The molecule has 0 aromatic heterocycles. The van der Waals surface area contributed by atoms with Gasteiger partial charge in [-0.3, -0.25) is 0 Å². The van der Waals surface area contributed by atoms with E-state index >= 15 is 0 Å². The van der Waals surface area contributed by atoms with Crippen LogP contribution in [-0.2, 0) is 10.1 Å². The van der Waals surface area contributed by atoms with Gasteiger partial charge in [0.05, 0.1) is 4.90 Å². The molecule has 19 heavy (non-hydrogen) atoms. The van der Waals surface area contributed by atoms with Crippen molar-refractivity contribution in [3.63, 3.8) is 0 Å². The molecule has 0 aliphatic rings. The quantitative estimate of drug-likeness (QED) is 0.324. The number of nitrogens with zero attached hydrogens (tertiary/aromatic N) is 2. The summed E-state index contributed by atoms with van der Waals surface area (Å²) in [5, 5.41) is 20.3. The van der Waals surface area contributed by atoms with Crippen molar-refractivity contribution in [2.45, 2.75) is 4.90 Å². The average Bonchev–Trinajstić information content (AvgIpc) is 2.28. The Kier molecular flexibility index (Phi) is 5.89. The summed E-state index contributed by atoms with van der Waals surface area (Å²) in [6.45, 7) is 0. The molecule has 2 aromatic rings. The van der Waals surface area contributed by atoms with E-state index in [2.05, 4.69) is 4.98 Å². The molecule has 2 N–H and O–H groups in total. The van der Waals surface area contributed by atoms with Crippen LogP contribution in [0.2, 0.25) is 0 Å². The molecule has 9 heteroatoms. The first kappa shape index (κ1) is 17.8. The van der Waals surface area contributed by atoms with Crippen molar-refractivity contribution in [2.75, 3.05) is 0 Å². The number of benzene rings is 2. The molecule has 0 saturated carbocycles. The second-order valence-electron chi connectivity index (χ2n) is 3.32. The van der Waals surface area contributed by atoms with Gasteiger partial charge < -0.3 is 15.1 Å². The van der Waals surface area contributed by atoms with Crippen LogP contribution in [0.5, 0.6) is 5.75 Å². The van der Waals surface area contributed by atoms with Crippen LogP contribution in [0.1, 0.15) is 0 Å². The number of hydrogen-bond donors (Lipinski definition) is 0. The summed E-state index contributed by atoms with van der Waals surface area (Å²) in [6, 6.07) is 6.19. The Hall–Kier alpha value is -1.21. The smallest absolute Gasteiger partial charge is 0.867 e. The number of diazo groups is 1. The van der Waals surface area contributed by atoms with Gasteiger partial charge in [0.2, 0.25) is 5.39 Å². The van der Waals surface area contributed by atoms with Crippen molar-refractivity contribution in [3.05, 3.63) is 35.3 Å². The van der Waals surface area contributed by atoms with E-state index in [0.717, 1.165) is 12.1 Å². The molecule has 0 radical (unpaired) electrons. The molecule has 0 unspecified atom stereocenters. The van der Waals surface area contributed by atoms with Gasteiger partial charge in [-0.15, -0.1) is 0 Å². The molecule has 0 aliphatic heterocycles. The van der Waals surface area contributed by atoms with Crippen LogP contribution >= 0.6 is 0 Å². The van der Waals surface area contributed by atoms with Crippen molar-refractivity contribution in [1.29, 1.82) is 5.39 Å². The van der Waals surface area contributed by atoms with E-state index in [1.807, 2.05) is 0 Å². The van der Waals surface area contributed by atoms with E-state index in [1.165, 1.54) is 18.2 Å². The van der Waals surface area contributed by atoms with E-state index in [4.69, 9.17) is 5.39 Å². The summed E-state index contributed by atoms with van der Waals surface area (Å²) in [5.74, 6) is -0.629. The van der Waals surface area contributed by atoms with Crippen LogP contribution in [0.15, 0.2) is 35.2 Å². The summed E-state index contributed by atoms with van der Waals surface area (Å²) in [5.41, 5.74) is -0.210. The summed E-state index contributed by atoms with van der Waals surface area (Å²) < 4.78 is 32.9. The van der Waals surface area contributed by atoms with Crippen molar-refractivity contribution >= 4 is 26.6 Å². The average molecular weight is 290 g/mol. The first-order valence-electron chi connectivity index (χ1n) is 4.49. The molecule has 0 heterocycles. The van der Waals surface area contributed by atoms with E-state index in [-0.39, 0.29) is 51.5 Å². The number of fused-ring (bicyclic) bond motifs is 1. The van der Waals surface area contributed by atoms with Gasteiger partial charge in [0.25, 0.3) is 0 Å². The van der Waals surface area contributed by atoms with Crippen LogP contribution in [0.4, 0.5) is 5.69 Å². The van der Waals surface area contributed by atoms with E-state index < -0.39 is 20.8 Å². The molecule has 0 atom stereocenters. The zero-order valence-corrected chi connectivity index (χ0v) is 12.6. The van der Waals surface area contributed by atoms with Crippen molar-refractivity contribution in [1.82, 2.24) is 0 Å². The van der Waals surface area contributed by atoms with Gasteiger partial charge in [-0.05, 0) is 28.7 Å². The molecule has 0 fully saturated rings. The minimum atomic E-state index is -4.65. The maximum absolute atomic E-state index is 11.7. The number of rotatable bonds is 1. The first-order valence-corrected chi connectivity index (χ1v) is 5.89. The van der Waals surface area contributed by atoms with Gasteiger partial charge >= 0.3 is 35.2 Å². The van der Waals surface area contributed by atoms with Gasteiger partial charge in [0, 0.05) is 6.07 Å². The third-order valence-corrected chi connectivity index (χ3v) is 3.22. The Balaban J connectivity index is 0.00000162. The summed E-state index contributed by atoms with van der Waals surface area (Å²) in [6.07, 6.45) is 0. The minimum absolute atomic E-state index is 0. The minimum Gasteiger partial charge on any atom is -0.867 e. The molecular formula is C10H7N2NaO5S. The predicted octanol–water partition coefficient (Wildman–Crippen LogP) is -2.52. The molecule has 7 nitrogen and oxygen atoms in total. The third kappa shape index (κ3) is 3.22. The summed E-state index contributed by atoms with van der Waals surface area (Å²) in [4.78, 5) is 2.31. The Labute approximate surface area is 130 Å². The maximum Gasteiger partial charge on any atom is 1.00 e. The van der Waals surface area contributed by atoms with Crippen LogP contribution < -0.4 is 34.7 Å². The van der Waals surface area contributed by atoms with Gasteiger partial charge in [-0.2, -0.15) is 0 Å². The Bertz CT molecular complexity index is 754. The van der Waals surface area contributed by atoms with Crippen LogP contribution in [0.3, 0.4) is 0 Å². The second-order valence-corrected chi connectivity index (χ2v) is 4.67. The van der Waals surface area contributed by atoms with Crippen molar-refractivity contribution < 1.29 is 53.1 Å². The Morgan fingerprint density at radius 1 is 1.11 bits per heavy atom. The monoisotopic (exact) mass is 290 g/mol. The molecule has 0 saturated heterocycles. The number of hydrogen-bond acceptors (Lipinski definition) is 5. The first-order chi connectivity index (χ1) is 7.95. The fourth-order valence-corrected chi connectivity index (χ4v) is 2.28. The fraction of sp³-hybridized carbons (Fsp3) is 0. The maximum atomic E-state index is 11.7. The van der Waals surface area contributed by atoms with E-state index in [0.29, 0.717) is 0 Å². The summed E-state index contributed by atoms with van der Waals surface area (Å²) >= 11 is 0. The van der Waals surface area contributed by atoms with Crippen LogP contribution in [0.25, 0.3) is 15.7 Å². The SMILES string of the molecule is N#[N+]c1ccc2c(S(=O)(=O)[O-])cccc2c1[O-].O.[Na+]. The van der Waals surface area contributed by atoms with E-state index in [9.17, 15) is 18.1 Å². The van der Waals surface area contributed by atoms with Crippen molar-refractivity contribution in [3.8, 4) is 5.75 Å². The molecule has 0 bridgehead atoms. The second kappa shape index (κ2) is 6.29. The molecule has 94 valence electrons. The molecule has 0 spiro atoms. The van der Waals surface area contributed by atoms with Gasteiger partial charge in [0.15, 0.2) is 4.98 Å². The standard InChI is InChI=1S/C10H6N2O4S.Na.H2O/c11-12-8-5-4-6-7(10(8)13)2-1-3-9(6)17(14,15)16;;/h1-5H,(H-,13,14,15,16);;1H2/q;+1;/p-1. The van der Waals surface area contributed by atoms with Gasteiger partial charge in [0.1, 0.15) is 10.1 Å². The van der Waals surface area contributed by atoms with Gasteiger partial charge in [-0.25, -0.2) is 8.42 Å². The largest absolute Gasteiger partial charge is 1.00 e. The molecule has 2 rings (SSSR count). The fourth-order valence-electron chi connectivity index (χ4n) is 1.59. The molecule has 0 amide bonds. The zero-order valence-electron chi connectivity index (χ0n) is 9.82. The van der Waals surface area contributed by atoms with Crippen LogP contribution in [-0.4, -0.2) is 18.4 Å². The van der Waals surface area contributed by atoms with Crippen LogP contribution in [0, 0.1) is 5.39 Å². The Morgan fingerprint density at radius 3 is 2.26 bits per heavy atom. The van der Waals surface area contributed by atoms with E-state index in [1.54, 1.807) is 0 Å². The Morgan fingerprint density at radius 2 is 1.74 bits per heavy atom. The van der Waals surface area contributed by atoms with Gasteiger partial charge in [-0.1, -0.05) is 12.1 Å². The molecule has 2 aromatic carbocycles. The topological polar surface area (TPSA) is 140 Å². The van der Waals surface area contributed by atoms with Crippen molar-refractivity contribution in [2.24, 2.45) is 0 Å². The third-order valence-electron chi connectivity index (χ3n) is 2.33. The molecular weight excluding hydrogens is 283 g/mol. The normalized spacial score (nSPS) is 10.1. The molecule has 0 aliphatic carbocycles. The predicted molar refractivity (Wildman–Crippen MR) is 59.7 cm³/mol. The summed E-state index contributed by atoms with van der Waals surface area (Å²) in [7, 11) is -4.65. The zero-order chi connectivity index (χ0) is 12.6.